The summed E-state index contributed by atoms with van der Waals surface area (Å²) in [6, 6.07) is 9.41. The predicted molar refractivity (Wildman–Crippen MR) is 73.7 cm³/mol. The third-order valence-electron chi connectivity index (χ3n) is 3.33. The molecule has 100 valence electrons. The van der Waals surface area contributed by atoms with Crippen molar-refractivity contribution in [2.24, 2.45) is 0 Å². The van der Waals surface area contributed by atoms with Gasteiger partial charge in [-0.25, -0.2) is 0 Å². The van der Waals surface area contributed by atoms with Gasteiger partial charge in [0.2, 0.25) is 5.91 Å². The van der Waals surface area contributed by atoms with Crippen molar-refractivity contribution in [2.45, 2.75) is 13.0 Å². The minimum atomic E-state index is -0.0153. The van der Waals surface area contributed by atoms with Crippen molar-refractivity contribution >= 4 is 11.6 Å². The number of nitrogens with zero attached hydrogens (tertiary/aromatic N) is 2. The molecule has 5 heteroatoms. The van der Waals surface area contributed by atoms with Crippen molar-refractivity contribution in [3.8, 4) is 6.07 Å². The van der Waals surface area contributed by atoms with Gasteiger partial charge in [-0.1, -0.05) is 6.92 Å². The predicted octanol–water partition coefficient (Wildman–Crippen LogP) is 0.790. The first-order valence-electron chi connectivity index (χ1n) is 6.47. The minimum absolute atomic E-state index is 0.0153. The number of nitriles is 1. The number of anilines is 1. The van der Waals surface area contributed by atoms with Gasteiger partial charge in [0, 0.05) is 24.8 Å². The van der Waals surface area contributed by atoms with Crippen LogP contribution in [0.5, 0.6) is 0 Å². The van der Waals surface area contributed by atoms with E-state index in [-0.39, 0.29) is 5.91 Å². The van der Waals surface area contributed by atoms with Crippen LogP contribution in [0.4, 0.5) is 5.69 Å². The minimum Gasteiger partial charge on any atom is -0.325 e. The van der Waals surface area contributed by atoms with E-state index < -0.39 is 0 Å². The molecular formula is C14H18N4O. The average molecular weight is 258 g/mol. The van der Waals surface area contributed by atoms with Crippen molar-refractivity contribution in [3.63, 3.8) is 0 Å². The smallest absolute Gasteiger partial charge is 0.238 e. The maximum absolute atomic E-state index is 11.9. The van der Waals surface area contributed by atoms with E-state index in [2.05, 4.69) is 28.5 Å². The molecule has 0 bridgehead atoms. The lowest BCUT2D eigenvalue weighted by Gasteiger charge is -2.37. The van der Waals surface area contributed by atoms with E-state index in [9.17, 15) is 4.79 Å². The summed E-state index contributed by atoms with van der Waals surface area (Å²) >= 11 is 0. The lowest BCUT2D eigenvalue weighted by molar-refractivity contribution is -0.118. The van der Waals surface area contributed by atoms with Crippen LogP contribution < -0.4 is 10.6 Å². The first-order chi connectivity index (χ1) is 9.22. The van der Waals surface area contributed by atoms with Crippen LogP contribution in [-0.2, 0) is 4.79 Å². The summed E-state index contributed by atoms with van der Waals surface area (Å²) in [5, 5.41) is 14.8. The molecule has 2 rings (SSSR count). The molecule has 1 aliphatic heterocycles. The Morgan fingerprint density at radius 2 is 2.16 bits per heavy atom. The SMILES string of the molecule is CCN(CC(=O)Nc1ccc(C#N)cc1)C1CNC1. The van der Waals surface area contributed by atoms with Gasteiger partial charge in [-0.05, 0) is 30.8 Å². The monoisotopic (exact) mass is 258 g/mol. The quantitative estimate of drug-likeness (QED) is 0.819. The van der Waals surface area contributed by atoms with Gasteiger partial charge in [0.25, 0.3) is 0 Å². The van der Waals surface area contributed by atoms with Gasteiger partial charge in [0.1, 0.15) is 0 Å². The highest BCUT2D eigenvalue weighted by molar-refractivity contribution is 5.92. The molecule has 1 aliphatic rings. The van der Waals surface area contributed by atoms with Crippen molar-refractivity contribution < 1.29 is 4.79 Å². The maximum Gasteiger partial charge on any atom is 0.238 e. The molecule has 0 spiro atoms. The fourth-order valence-corrected chi connectivity index (χ4v) is 2.04. The number of benzene rings is 1. The highest BCUT2D eigenvalue weighted by Crippen LogP contribution is 2.10. The molecule has 19 heavy (non-hydrogen) atoms. The summed E-state index contributed by atoms with van der Waals surface area (Å²) in [5.41, 5.74) is 1.32. The fourth-order valence-electron chi connectivity index (χ4n) is 2.04. The second-order valence-electron chi connectivity index (χ2n) is 4.61. The molecule has 1 amide bonds. The summed E-state index contributed by atoms with van der Waals surface area (Å²) in [4.78, 5) is 14.1. The summed E-state index contributed by atoms with van der Waals surface area (Å²) in [6.45, 7) is 5.25. The van der Waals surface area contributed by atoms with Gasteiger partial charge in [-0.3, -0.25) is 9.69 Å². The van der Waals surface area contributed by atoms with Gasteiger partial charge in [-0.2, -0.15) is 5.26 Å². The van der Waals surface area contributed by atoms with Crippen LogP contribution in [0, 0.1) is 11.3 Å². The molecule has 0 saturated carbocycles. The molecule has 5 nitrogen and oxygen atoms in total. The van der Waals surface area contributed by atoms with Gasteiger partial charge >= 0.3 is 0 Å². The molecule has 0 aromatic heterocycles. The Balaban J connectivity index is 1.87. The molecular weight excluding hydrogens is 240 g/mol. The number of nitrogens with one attached hydrogen (secondary N) is 2. The summed E-state index contributed by atoms with van der Waals surface area (Å²) in [7, 11) is 0. The molecule has 0 unspecified atom stereocenters. The standard InChI is InChI=1S/C14H18N4O/c1-2-18(13-8-16-9-13)10-14(19)17-12-5-3-11(7-15)4-6-12/h3-6,13,16H,2,8-10H2,1H3,(H,17,19). The van der Waals surface area contributed by atoms with Crippen LogP contribution >= 0.6 is 0 Å². The Morgan fingerprint density at radius 1 is 1.47 bits per heavy atom. The van der Waals surface area contributed by atoms with Crippen LogP contribution in [-0.4, -0.2) is 43.0 Å². The van der Waals surface area contributed by atoms with Crippen LogP contribution in [0.1, 0.15) is 12.5 Å². The number of carbonyl (C=O) groups is 1. The lowest BCUT2D eigenvalue weighted by atomic mass is 10.1. The highest BCUT2D eigenvalue weighted by atomic mass is 16.2. The molecule has 1 heterocycles. The maximum atomic E-state index is 11.9. The molecule has 0 radical (unpaired) electrons. The molecule has 0 atom stereocenters. The van der Waals surface area contributed by atoms with Gasteiger partial charge in [0.05, 0.1) is 18.2 Å². The largest absolute Gasteiger partial charge is 0.325 e. The second kappa shape index (κ2) is 6.32. The number of hydrogen-bond acceptors (Lipinski definition) is 4. The second-order valence-corrected chi connectivity index (χ2v) is 4.61. The topological polar surface area (TPSA) is 68.2 Å². The van der Waals surface area contributed by atoms with E-state index in [4.69, 9.17) is 5.26 Å². The molecule has 1 saturated heterocycles. The molecule has 1 fully saturated rings. The zero-order valence-corrected chi connectivity index (χ0v) is 11.0. The number of hydrogen-bond donors (Lipinski definition) is 2. The Hall–Kier alpha value is -1.90. The lowest BCUT2D eigenvalue weighted by Crippen LogP contribution is -2.58. The van der Waals surface area contributed by atoms with Crippen LogP contribution in [0.25, 0.3) is 0 Å². The van der Waals surface area contributed by atoms with Crippen LogP contribution in [0.3, 0.4) is 0 Å². The molecule has 1 aromatic carbocycles. The van der Waals surface area contributed by atoms with E-state index in [1.807, 2.05) is 0 Å². The molecule has 0 aliphatic carbocycles. The normalized spacial score (nSPS) is 14.8. The van der Waals surface area contributed by atoms with E-state index in [0.717, 1.165) is 25.3 Å². The van der Waals surface area contributed by atoms with E-state index in [1.54, 1.807) is 24.3 Å². The summed E-state index contributed by atoms with van der Waals surface area (Å²) in [6.07, 6.45) is 0. The number of rotatable bonds is 5. The van der Waals surface area contributed by atoms with Crippen molar-refractivity contribution in [1.82, 2.24) is 10.2 Å². The first kappa shape index (κ1) is 13.5. The first-order valence-corrected chi connectivity index (χ1v) is 6.47. The Morgan fingerprint density at radius 3 is 2.63 bits per heavy atom. The van der Waals surface area contributed by atoms with E-state index >= 15 is 0 Å². The third-order valence-corrected chi connectivity index (χ3v) is 3.33. The third kappa shape index (κ3) is 3.53. The van der Waals surface area contributed by atoms with E-state index in [0.29, 0.717) is 18.2 Å². The fraction of sp³-hybridized carbons (Fsp3) is 0.429. The number of amides is 1. The van der Waals surface area contributed by atoms with Crippen LogP contribution in [0.15, 0.2) is 24.3 Å². The van der Waals surface area contributed by atoms with E-state index in [1.165, 1.54) is 0 Å². The molecule has 2 N–H and O–H groups in total. The van der Waals surface area contributed by atoms with Gasteiger partial charge < -0.3 is 10.6 Å². The summed E-state index contributed by atoms with van der Waals surface area (Å²) < 4.78 is 0. The Labute approximate surface area is 113 Å². The van der Waals surface area contributed by atoms with Gasteiger partial charge in [0.15, 0.2) is 0 Å². The van der Waals surface area contributed by atoms with Crippen molar-refractivity contribution in [1.29, 1.82) is 5.26 Å². The van der Waals surface area contributed by atoms with Gasteiger partial charge in [-0.15, -0.1) is 0 Å². The average Bonchev–Trinajstić information content (AvgIpc) is 2.36. The van der Waals surface area contributed by atoms with Crippen LogP contribution in [0.2, 0.25) is 0 Å². The number of carbonyl (C=O) groups excluding carboxylic acids is 1. The van der Waals surface area contributed by atoms with Crippen molar-refractivity contribution in [3.05, 3.63) is 29.8 Å². The zero-order valence-electron chi connectivity index (χ0n) is 11.0. The van der Waals surface area contributed by atoms with Crippen molar-refractivity contribution in [2.75, 3.05) is 31.5 Å². The number of likely N-dealkylation sites (N-methyl/N-ethyl adjacent to an activating group) is 1. The summed E-state index contributed by atoms with van der Waals surface area (Å²) in [5.74, 6) is -0.0153. The Bertz CT molecular complexity index is 473. The highest BCUT2D eigenvalue weighted by Gasteiger charge is 2.24. The Kier molecular flexibility index (Phi) is 4.50. The molecule has 1 aromatic rings. The zero-order chi connectivity index (χ0) is 13.7.